The Kier molecular flexibility index (Phi) is 4.43. The molecule has 0 unspecified atom stereocenters. The van der Waals surface area contributed by atoms with Crippen LogP contribution in [-0.2, 0) is 0 Å². The van der Waals surface area contributed by atoms with E-state index in [2.05, 4.69) is 34.0 Å². The molecule has 0 atom stereocenters. The molecule has 4 rings (SSSR count). The number of anilines is 1. The second kappa shape index (κ2) is 6.72. The van der Waals surface area contributed by atoms with Crippen LogP contribution in [0.2, 0.25) is 0 Å². The number of nitrogens with zero attached hydrogens (tertiary/aromatic N) is 5. The van der Waals surface area contributed by atoms with Crippen molar-refractivity contribution in [2.75, 3.05) is 38.6 Å². The molecule has 0 radical (unpaired) electrons. The maximum absolute atomic E-state index is 13.1. The van der Waals surface area contributed by atoms with Gasteiger partial charge in [0, 0.05) is 19.2 Å². The molecular formula is C18H22FN5S. The highest BCUT2D eigenvalue weighted by Gasteiger charge is 2.20. The van der Waals surface area contributed by atoms with Gasteiger partial charge < -0.3 is 9.80 Å². The third-order valence-corrected chi connectivity index (χ3v) is 5.91. The summed E-state index contributed by atoms with van der Waals surface area (Å²) in [4.78, 5) is 10.1. The SMILES string of the molecule is CN1CCC(CN(C)c2nn3cc(-c4ccc(F)cc4)nc3s2)CC1. The molecule has 1 fully saturated rings. The van der Waals surface area contributed by atoms with Crippen LogP contribution in [0, 0.1) is 11.7 Å². The highest BCUT2D eigenvalue weighted by molar-refractivity contribution is 7.20. The Balaban J connectivity index is 1.48. The van der Waals surface area contributed by atoms with E-state index in [1.165, 1.54) is 38.1 Å². The summed E-state index contributed by atoms with van der Waals surface area (Å²) >= 11 is 1.60. The van der Waals surface area contributed by atoms with E-state index in [-0.39, 0.29) is 5.82 Å². The number of fused-ring (bicyclic) bond motifs is 1. The Labute approximate surface area is 150 Å². The van der Waals surface area contributed by atoms with Gasteiger partial charge in [-0.15, -0.1) is 5.10 Å². The van der Waals surface area contributed by atoms with Gasteiger partial charge >= 0.3 is 0 Å². The van der Waals surface area contributed by atoms with E-state index in [1.807, 2.05) is 10.7 Å². The number of hydrogen-bond acceptors (Lipinski definition) is 5. The Morgan fingerprint density at radius 3 is 2.64 bits per heavy atom. The van der Waals surface area contributed by atoms with E-state index in [9.17, 15) is 4.39 Å². The maximum atomic E-state index is 13.1. The highest BCUT2D eigenvalue weighted by Crippen LogP contribution is 2.27. The molecule has 0 bridgehead atoms. The first-order valence-electron chi connectivity index (χ1n) is 8.60. The summed E-state index contributed by atoms with van der Waals surface area (Å²) in [6, 6.07) is 6.40. The second-order valence-electron chi connectivity index (χ2n) is 6.87. The van der Waals surface area contributed by atoms with Crippen LogP contribution in [0.3, 0.4) is 0 Å². The molecule has 1 aliphatic heterocycles. The van der Waals surface area contributed by atoms with E-state index in [4.69, 9.17) is 0 Å². The number of hydrogen-bond donors (Lipinski definition) is 0. The quantitative estimate of drug-likeness (QED) is 0.716. The molecule has 25 heavy (non-hydrogen) atoms. The average Bonchev–Trinajstić information content (AvgIpc) is 3.16. The highest BCUT2D eigenvalue weighted by atomic mass is 32.1. The number of piperidine rings is 1. The van der Waals surface area contributed by atoms with Crippen molar-refractivity contribution in [3.05, 3.63) is 36.3 Å². The summed E-state index contributed by atoms with van der Waals surface area (Å²) < 4.78 is 14.9. The molecule has 0 N–H and O–H groups in total. The second-order valence-corrected chi connectivity index (χ2v) is 7.81. The van der Waals surface area contributed by atoms with Crippen molar-refractivity contribution >= 4 is 21.4 Å². The minimum absolute atomic E-state index is 0.235. The number of likely N-dealkylation sites (tertiary alicyclic amines) is 1. The van der Waals surface area contributed by atoms with Crippen molar-refractivity contribution in [1.82, 2.24) is 19.5 Å². The maximum Gasteiger partial charge on any atom is 0.214 e. The first-order chi connectivity index (χ1) is 12.1. The molecule has 1 saturated heterocycles. The number of aromatic nitrogens is 3. The molecule has 0 spiro atoms. The van der Waals surface area contributed by atoms with Gasteiger partial charge in [0.05, 0.1) is 11.9 Å². The molecule has 132 valence electrons. The molecule has 2 aromatic heterocycles. The predicted molar refractivity (Wildman–Crippen MR) is 99.7 cm³/mol. The number of rotatable bonds is 4. The van der Waals surface area contributed by atoms with Crippen LogP contribution in [-0.4, -0.2) is 53.2 Å². The van der Waals surface area contributed by atoms with Crippen LogP contribution >= 0.6 is 11.3 Å². The van der Waals surface area contributed by atoms with Gasteiger partial charge in [0.2, 0.25) is 10.1 Å². The fourth-order valence-corrected chi connectivity index (χ4v) is 4.17. The molecule has 5 nitrogen and oxygen atoms in total. The lowest BCUT2D eigenvalue weighted by atomic mass is 9.97. The fourth-order valence-electron chi connectivity index (χ4n) is 3.31. The number of imidazole rings is 1. The molecule has 0 amide bonds. The third kappa shape index (κ3) is 3.52. The topological polar surface area (TPSA) is 36.7 Å². The lowest BCUT2D eigenvalue weighted by Crippen LogP contribution is -2.35. The summed E-state index contributed by atoms with van der Waals surface area (Å²) in [6.45, 7) is 3.40. The Morgan fingerprint density at radius 1 is 1.24 bits per heavy atom. The minimum Gasteiger partial charge on any atom is -0.349 e. The van der Waals surface area contributed by atoms with Gasteiger partial charge in [0.15, 0.2) is 0 Å². The summed E-state index contributed by atoms with van der Waals surface area (Å²) in [6.07, 6.45) is 4.40. The van der Waals surface area contributed by atoms with Crippen molar-refractivity contribution in [3.63, 3.8) is 0 Å². The lowest BCUT2D eigenvalue weighted by molar-refractivity contribution is 0.222. The fraction of sp³-hybridized carbons (Fsp3) is 0.444. The van der Waals surface area contributed by atoms with Crippen molar-refractivity contribution in [2.45, 2.75) is 12.8 Å². The van der Waals surface area contributed by atoms with Crippen LogP contribution < -0.4 is 4.90 Å². The van der Waals surface area contributed by atoms with Gasteiger partial charge in [-0.05, 0) is 63.2 Å². The van der Waals surface area contributed by atoms with Gasteiger partial charge in [-0.2, -0.15) is 0 Å². The number of halogens is 1. The molecule has 0 saturated carbocycles. The van der Waals surface area contributed by atoms with E-state index < -0.39 is 0 Å². The average molecular weight is 359 g/mol. The molecule has 1 aliphatic rings. The van der Waals surface area contributed by atoms with Crippen LogP contribution in [0.25, 0.3) is 16.2 Å². The van der Waals surface area contributed by atoms with Crippen LogP contribution in [0.1, 0.15) is 12.8 Å². The van der Waals surface area contributed by atoms with Crippen LogP contribution in [0.4, 0.5) is 9.52 Å². The van der Waals surface area contributed by atoms with E-state index in [0.29, 0.717) is 0 Å². The van der Waals surface area contributed by atoms with Crippen molar-refractivity contribution in [1.29, 1.82) is 0 Å². The molecule has 3 aromatic rings. The lowest BCUT2D eigenvalue weighted by Gasteiger charge is -2.31. The van der Waals surface area contributed by atoms with E-state index in [1.54, 1.807) is 23.5 Å². The number of benzene rings is 1. The van der Waals surface area contributed by atoms with Gasteiger partial charge in [-0.25, -0.2) is 13.9 Å². The normalized spacial score (nSPS) is 16.6. The third-order valence-electron chi connectivity index (χ3n) is 4.87. The van der Waals surface area contributed by atoms with Crippen molar-refractivity contribution < 1.29 is 4.39 Å². The summed E-state index contributed by atoms with van der Waals surface area (Å²) in [7, 11) is 4.30. The Morgan fingerprint density at radius 2 is 1.96 bits per heavy atom. The van der Waals surface area contributed by atoms with Crippen molar-refractivity contribution in [2.24, 2.45) is 5.92 Å². The Bertz CT molecular complexity index is 817. The largest absolute Gasteiger partial charge is 0.349 e. The first kappa shape index (κ1) is 16.5. The first-order valence-corrected chi connectivity index (χ1v) is 9.42. The molecule has 7 heteroatoms. The summed E-state index contributed by atoms with van der Waals surface area (Å²) in [5, 5.41) is 5.66. The molecular weight excluding hydrogens is 337 g/mol. The van der Waals surface area contributed by atoms with Crippen molar-refractivity contribution in [3.8, 4) is 11.3 Å². The minimum atomic E-state index is -0.235. The zero-order valence-corrected chi connectivity index (χ0v) is 15.3. The smallest absolute Gasteiger partial charge is 0.214 e. The van der Waals surface area contributed by atoms with E-state index in [0.717, 1.165) is 33.8 Å². The zero-order valence-electron chi connectivity index (χ0n) is 14.5. The monoisotopic (exact) mass is 359 g/mol. The van der Waals surface area contributed by atoms with E-state index >= 15 is 0 Å². The van der Waals surface area contributed by atoms with Gasteiger partial charge in [0.25, 0.3) is 0 Å². The zero-order chi connectivity index (χ0) is 17.4. The van der Waals surface area contributed by atoms with Gasteiger partial charge in [0.1, 0.15) is 5.82 Å². The summed E-state index contributed by atoms with van der Waals surface area (Å²) in [5.74, 6) is 0.493. The predicted octanol–water partition coefficient (Wildman–Crippen LogP) is 3.37. The van der Waals surface area contributed by atoms with Crippen LogP contribution in [0.15, 0.2) is 30.5 Å². The molecule has 1 aromatic carbocycles. The van der Waals surface area contributed by atoms with Gasteiger partial charge in [-0.3, -0.25) is 0 Å². The van der Waals surface area contributed by atoms with Gasteiger partial charge in [-0.1, -0.05) is 11.3 Å². The summed E-state index contributed by atoms with van der Waals surface area (Å²) in [5.41, 5.74) is 1.73. The van der Waals surface area contributed by atoms with Crippen LogP contribution in [0.5, 0.6) is 0 Å². The standard InChI is InChI=1S/C18H22FN5S/c1-22-9-7-13(8-10-22)11-23(2)18-21-24-12-16(20-17(24)25-18)14-3-5-15(19)6-4-14/h3-6,12-13H,7-11H2,1-2H3. The Hall–Kier alpha value is -1.99. The molecule has 0 aliphatic carbocycles. The molecule has 3 heterocycles.